The number of ether oxygens (including phenoxy) is 1. The summed E-state index contributed by atoms with van der Waals surface area (Å²) in [5.74, 6) is 1.94. The Kier molecular flexibility index (Phi) is 14.9. The molecule has 0 aliphatic carbocycles. The van der Waals surface area contributed by atoms with Crippen LogP contribution in [-0.4, -0.2) is 6.61 Å². The molecule has 0 bridgehead atoms. The topological polar surface area (TPSA) is 9.23 Å². The van der Waals surface area contributed by atoms with Crippen molar-refractivity contribution in [3.8, 4) is 5.75 Å². The van der Waals surface area contributed by atoms with Crippen LogP contribution in [0, 0.1) is 12.0 Å². The van der Waals surface area contributed by atoms with Crippen LogP contribution in [0.2, 0.25) is 0 Å². The van der Waals surface area contributed by atoms with E-state index in [1.165, 1.54) is 82.6 Å². The predicted octanol–water partition coefficient (Wildman–Crippen LogP) is 8.32. The number of hydrogen-bond acceptors (Lipinski definition) is 1. The number of rotatable bonds is 18. The third-order valence-electron chi connectivity index (χ3n) is 5.56. The number of aryl methyl sites for hydroxylation is 1. The van der Waals surface area contributed by atoms with E-state index in [-0.39, 0.29) is 0 Å². The lowest BCUT2D eigenvalue weighted by Crippen LogP contribution is -2.01. The zero-order valence-electron chi connectivity index (χ0n) is 18.1. The highest BCUT2D eigenvalue weighted by Gasteiger charge is 2.04. The van der Waals surface area contributed by atoms with E-state index < -0.39 is 0 Å². The average Bonchev–Trinajstić information content (AvgIpc) is 2.69. The van der Waals surface area contributed by atoms with Crippen LogP contribution in [0.5, 0.6) is 5.75 Å². The second kappa shape index (κ2) is 16.9. The minimum Gasteiger partial charge on any atom is -0.493 e. The quantitative estimate of drug-likeness (QED) is 0.186. The first-order valence-electron chi connectivity index (χ1n) is 11.5. The minimum atomic E-state index is 0.843. The fourth-order valence-corrected chi connectivity index (χ4v) is 3.43. The summed E-state index contributed by atoms with van der Waals surface area (Å²) in [5, 5.41) is 0. The normalized spacial score (nSPS) is 12.1. The molecule has 0 N–H and O–H groups in total. The number of unbranched alkanes of at least 4 members (excludes halogenated alkanes) is 9. The lowest BCUT2D eigenvalue weighted by molar-refractivity contribution is 0.301. The molecule has 1 unspecified atom stereocenters. The Morgan fingerprint density at radius 1 is 1.00 bits per heavy atom. The van der Waals surface area contributed by atoms with E-state index in [1.807, 2.05) is 18.2 Å². The van der Waals surface area contributed by atoms with E-state index in [4.69, 9.17) is 4.74 Å². The molecular formula is C26H43O. The van der Waals surface area contributed by atoms with Gasteiger partial charge in [-0.2, -0.15) is 0 Å². The third-order valence-corrected chi connectivity index (χ3v) is 5.56. The zero-order chi connectivity index (χ0) is 19.6. The monoisotopic (exact) mass is 371 g/mol. The third kappa shape index (κ3) is 12.7. The van der Waals surface area contributed by atoms with Gasteiger partial charge in [0.1, 0.15) is 5.75 Å². The van der Waals surface area contributed by atoms with Gasteiger partial charge in [-0.15, -0.1) is 6.58 Å². The molecule has 0 saturated heterocycles. The number of benzene rings is 1. The van der Waals surface area contributed by atoms with Crippen LogP contribution < -0.4 is 4.74 Å². The minimum absolute atomic E-state index is 0.843. The van der Waals surface area contributed by atoms with E-state index >= 15 is 0 Å². The molecule has 1 radical (unpaired) electrons. The highest BCUT2D eigenvalue weighted by molar-refractivity contribution is 5.32. The fourth-order valence-electron chi connectivity index (χ4n) is 3.43. The second-order valence-electron chi connectivity index (χ2n) is 8.05. The van der Waals surface area contributed by atoms with Crippen molar-refractivity contribution in [3.05, 3.63) is 42.5 Å². The first-order chi connectivity index (χ1) is 13.3. The SMILES string of the molecule is C=CCCCCCCCCCOc1c[c]ccc1CCCCCC(C)CC. The van der Waals surface area contributed by atoms with Crippen LogP contribution in [0.15, 0.2) is 30.9 Å². The van der Waals surface area contributed by atoms with Gasteiger partial charge in [-0.3, -0.25) is 0 Å². The molecule has 153 valence electrons. The van der Waals surface area contributed by atoms with Crippen LogP contribution >= 0.6 is 0 Å². The lowest BCUT2D eigenvalue weighted by Gasteiger charge is -2.12. The Balaban J connectivity index is 2.10. The van der Waals surface area contributed by atoms with Gasteiger partial charge in [0.2, 0.25) is 0 Å². The maximum atomic E-state index is 6.07. The van der Waals surface area contributed by atoms with Crippen LogP contribution in [0.4, 0.5) is 0 Å². The summed E-state index contributed by atoms with van der Waals surface area (Å²) in [5.41, 5.74) is 1.36. The molecule has 1 nitrogen and oxygen atoms in total. The van der Waals surface area contributed by atoms with Crippen molar-refractivity contribution >= 4 is 0 Å². The molecule has 0 amide bonds. The van der Waals surface area contributed by atoms with Crippen molar-refractivity contribution < 1.29 is 4.74 Å². The van der Waals surface area contributed by atoms with Crippen molar-refractivity contribution in [2.24, 2.45) is 5.92 Å². The molecule has 1 rings (SSSR count). The Morgan fingerprint density at radius 2 is 1.70 bits per heavy atom. The first kappa shape index (κ1) is 23.8. The molecule has 1 atom stereocenters. The summed E-state index contributed by atoms with van der Waals surface area (Å²) < 4.78 is 6.07. The summed E-state index contributed by atoms with van der Waals surface area (Å²) in [6.07, 6.45) is 20.1. The molecule has 1 aromatic carbocycles. The highest BCUT2D eigenvalue weighted by Crippen LogP contribution is 2.21. The molecule has 0 aromatic heterocycles. The largest absolute Gasteiger partial charge is 0.493 e. The van der Waals surface area contributed by atoms with E-state index in [9.17, 15) is 0 Å². The standard InChI is InChI=1S/C26H43O/c1-4-6-7-8-9-10-11-12-18-23-27-26-22-17-16-21-25(26)20-15-13-14-19-24(3)5-2/h4,16,21-22,24H,1,5-15,18-20,23H2,2-3H3. The molecule has 0 spiro atoms. The Morgan fingerprint density at radius 3 is 2.44 bits per heavy atom. The summed E-state index contributed by atoms with van der Waals surface area (Å²) in [7, 11) is 0. The fraction of sp³-hybridized carbons (Fsp3) is 0.692. The van der Waals surface area contributed by atoms with Gasteiger partial charge in [-0.1, -0.05) is 89.8 Å². The van der Waals surface area contributed by atoms with Gasteiger partial charge in [-0.05, 0) is 55.7 Å². The molecule has 27 heavy (non-hydrogen) atoms. The average molecular weight is 372 g/mol. The summed E-state index contributed by atoms with van der Waals surface area (Å²) in [6, 6.07) is 9.41. The van der Waals surface area contributed by atoms with E-state index in [0.717, 1.165) is 31.1 Å². The first-order valence-corrected chi connectivity index (χ1v) is 11.5. The maximum absolute atomic E-state index is 6.07. The second-order valence-corrected chi connectivity index (χ2v) is 8.05. The Labute approximate surface area is 169 Å². The van der Waals surface area contributed by atoms with Crippen LogP contribution in [0.1, 0.15) is 103 Å². The number of hydrogen-bond donors (Lipinski definition) is 0. The van der Waals surface area contributed by atoms with Gasteiger partial charge in [0, 0.05) is 0 Å². The van der Waals surface area contributed by atoms with E-state index in [1.54, 1.807) is 0 Å². The Bertz CT molecular complexity index is 465. The summed E-state index contributed by atoms with van der Waals surface area (Å²) in [6.45, 7) is 9.27. The van der Waals surface area contributed by atoms with Crippen molar-refractivity contribution in [2.45, 2.75) is 104 Å². The van der Waals surface area contributed by atoms with E-state index in [0.29, 0.717) is 0 Å². The van der Waals surface area contributed by atoms with Crippen LogP contribution in [-0.2, 0) is 6.42 Å². The summed E-state index contributed by atoms with van der Waals surface area (Å²) in [4.78, 5) is 0. The molecule has 0 fully saturated rings. The molecule has 0 heterocycles. The smallest absolute Gasteiger partial charge is 0.123 e. The number of allylic oxidation sites excluding steroid dienone is 1. The zero-order valence-corrected chi connectivity index (χ0v) is 18.1. The van der Waals surface area contributed by atoms with Crippen LogP contribution in [0.25, 0.3) is 0 Å². The van der Waals surface area contributed by atoms with Gasteiger partial charge >= 0.3 is 0 Å². The maximum Gasteiger partial charge on any atom is 0.123 e. The predicted molar refractivity (Wildman–Crippen MR) is 120 cm³/mol. The van der Waals surface area contributed by atoms with Crippen molar-refractivity contribution in [1.29, 1.82) is 0 Å². The lowest BCUT2D eigenvalue weighted by atomic mass is 9.99. The molecule has 0 aliphatic heterocycles. The molecule has 0 saturated carbocycles. The van der Waals surface area contributed by atoms with Crippen LogP contribution in [0.3, 0.4) is 0 Å². The van der Waals surface area contributed by atoms with Gasteiger partial charge < -0.3 is 4.74 Å². The van der Waals surface area contributed by atoms with Crippen molar-refractivity contribution in [2.75, 3.05) is 6.61 Å². The highest BCUT2D eigenvalue weighted by atomic mass is 16.5. The Hall–Kier alpha value is -1.24. The van der Waals surface area contributed by atoms with Gasteiger partial charge in [0.05, 0.1) is 6.61 Å². The van der Waals surface area contributed by atoms with E-state index in [2.05, 4.69) is 32.6 Å². The molecule has 1 aromatic rings. The van der Waals surface area contributed by atoms with Gasteiger partial charge in [0.25, 0.3) is 0 Å². The van der Waals surface area contributed by atoms with Gasteiger partial charge in [-0.25, -0.2) is 0 Å². The van der Waals surface area contributed by atoms with Gasteiger partial charge in [0.15, 0.2) is 0 Å². The van der Waals surface area contributed by atoms with Crippen molar-refractivity contribution in [3.63, 3.8) is 0 Å². The molecule has 1 heteroatoms. The molecule has 0 aliphatic rings. The molecular weight excluding hydrogens is 328 g/mol. The van der Waals surface area contributed by atoms with Crippen molar-refractivity contribution in [1.82, 2.24) is 0 Å². The summed E-state index contributed by atoms with van der Waals surface area (Å²) >= 11 is 0.